The number of ether oxygens (including phenoxy) is 1. The molecule has 0 fully saturated rings. The third-order valence-electron chi connectivity index (χ3n) is 3.00. The number of aromatic nitrogens is 1. The Morgan fingerprint density at radius 3 is 2.85 bits per heavy atom. The second-order valence-corrected chi connectivity index (χ2v) is 4.81. The summed E-state index contributed by atoms with van der Waals surface area (Å²) < 4.78 is 5.80. The maximum absolute atomic E-state index is 9.32. The molecule has 0 aliphatic rings. The molecule has 4 heteroatoms. The van der Waals surface area contributed by atoms with E-state index in [0.29, 0.717) is 22.1 Å². The van der Waals surface area contributed by atoms with Gasteiger partial charge in [-0.1, -0.05) is 23.7 Å². The number of aliphatic hydroxyl groups excluding tert-OH is 1. The number of hydrogen-bond acceptors (Lipinski definition) is 3. The minimum absolute atomic E-state index is 0.0989. The van der Waals surface area contributed by atoms with Gasteiger partial charge in [0, 0.05) is 28.2 Å². The SMILES string of the molecule is OCc1ccc(Cl)cc1Oc1ccc2cccnc2c1. The summed E-state index contributed by atoms with van der Waals surface area (Å²) >= 11 is 5.96. The van der Waals surface area contributed by atoms with Crippen molar-refractivity contribution in [1.82, 2.24) is 4.98 Å². The molecule has 2 aromatic carbocycles. The highest BCUT2D eigenvalue weighted by atomic mass is 35.5. The summed E-state index contributed by atoms with van der Waals surface area (Å²) in [4.78, 5) is 4.29. The van der Waals surface area contributed by atoms with Crippen LogP contribution in [0, 0.1) is 0 Å². The van der Waals surface area contributed by atoms with Crippen molar-refractivity contribution in [3.8, 4) is 11.5 Å². The van der Waals surface area contributed by atoms with Crippen molar-refractivity contribution in [2.24, 2.45) is 0 Å². The number of nitrogens with zero attached hydrogens (tertiary/aromatic N) is 1. The van der Waals surface area contributed by atoms with E-state index in [4.69, 9.17) is 16.3 Å². The molecule has 0 radical (unpaired) electrons. The van der Waals surface area contributed by atoms with Crippen molar-refractivity contribution in [1.29, 1.82) is 0 Å². The number of halogens is 1. The third-order valence-corrected chi connectivity index (χ3v) is 3.24. The van der Waals surface area contributed by atoms with Crippen LogP contribution in [0.2, 0.25) is 5.02 Å². The van der Waals surface area contributed by atoms with Crippen LogP contribution in [0.1, 0.15) is 5.56 Å². The predicted molar refractivity (Wildman–Crippen MR) is 79.2 cm³/mol. The summed E-state index contributed by atoms with van der Waals surface area (Å²) in [5.74, 6) is 1.21. The average Bonchev–Trinajstić information content (AvgIpc) is 2.47. The molecule has 0 saturated carbocycles. The molecule has 3 aromatic rings. The lowest BCUT2D eigenvalue weighted by Crippen LogP contribution is -1.92. The lowest BCUT2D eigenvalue weighted by atomic mass is 10.2. The third kappa shape index (κ3) is 2.59. The zero-order chi connectivity index (χ0) is 13.9. The molecule has 3 rings (SSSR count). The Morgan fingerprint density at radius 2 is 2.00 bits per heavy atom. The fourth-order valence-corrected chi connectivity index (χ4v) is 2.15. The number of fused-ring (bicyclic) bond motifs is 1. The van der Waals surface area contributed by atoms with Crippen LogP contribution in [0.25, 0.3) is 10.9 Å². The Hall–Kier alpha value is -2.10. The predicted octanol–water partition coefficient (Wildman–Crippen LogP) is 4.17. The van der Waals surface area contributed by atoms with Crippen LogP contribution in [0.3, 0.4) is 0 Å². The highest BCUT2D eigenvalue weighted by Gasteiger charge is 2.06. The summed E-state index contributed by atoms with van der Waals surface area (Å²) in [5, 5.41) is 10.9. The van der Waals surface area contributed by atoms with E-state index in [1.807, 2.05) is 30.3 Å². The van der Waals surface area contributed by atoms with Gasteiger partial charge in [0.2, 0.25) is 0 Å². The van der Waals surface area contributed by atoms with Crippen molar-refractivity contribution in [2.75, 3.05) is 0 Å². The molecule has 0 amide bonds. The van der Waals surface area contributed by atoms with E-state index in [1.165, 1.54) is 0 Å². The maximum Gasteiger partial charge on any atom is 0.134 e. The van der Waals surface area contributed by atoms with Crippen LogP contribution in [0.15, 0.2) is 54.7 Å². The van der Waals surface area contributed by atoms with Crippen LogP contribution >= 0.6 is 11.6 Å². The van der Waals surface area contributed by atoms with Crippen LogP contribution in [-0.4, -0.2) is 10.1 Å². The monoisotopic (exact) mass is 285 g/mol. The highest BCUT2D eigenvalue weighted by molar-refractivity contribution is 6.30. The minimum atomic E-state index is -0.0989. The van der Waals surface area contributed by atoms with Crippen LogP contribution in [0.4, 0.5) is 0 Å². The normalized spacial score (nSPS) is 10.7. The smallest absolute Gasteiger partial charge is 0.134 e. The first kappa shape index (κ1) is 12.9. The summed E-state index contributed by atoms with van der Waals surface area (Å²) in [5.41, 5.74) is 1.55. The van der Waals surface area contributed by atoms with Gasteiger partial charge in [0.05, 0.1) is 12.1 Å². The lowest BCUT2D eigenvalue weighted by Gasteiger charge is -2.10. The van der Waals surface area contributed by atoms with Gasteiger partial charge >= 0.3 is 0 Å². The standard InChI is InChI=1S/C16H12ClNO2/c17-13-5-3-12(10-19)16(8-13)20-14-6-4-11-2-1-7-18-15(11)9-14/h1-9,19H,10H2. The van der Waals surface area contributed by atoms with Crippen molar-refractivity contribution >= 4 is 22.5 Å². The van der Waals surface area contributed by atoms with Gasteiger partial charge in [-0.25, -0.2) is 0 Å². The van der Waals surface area contributed by atoms with Crippen LogP contribution in [-0.2, 0) is 6.61 Å². The number of rotatable bonds is 3. The van der Waals surface area contributed by atoms with E-state index in [1.54, 1.807) is 24.4 Å². The fourth-order valence-electron chi connectivity index (χ4n) is 1.99. The molecule has 1 N–H and O–H groups in total. The van der Waals surface area contributed by atoms with E-state index < -0.39 is 0 Å². The quantitative estimate of drug-likeness (QED) is 0.785. The highest BCUT2D eigenvalue weighted by Crippen LogP contribution is 2.29. The van der Waals surface area contributed by atoms with E-state index in [2.05, 4.69) is 4.98 Å². The number of benzene rings is 2. The van der Waals surface area contributed by atoms with E-state index >= 15 is 0 Å². The first-order chi connectivity index (χ1) is 9.76. The van der Waals surface area contributed by atoms with Gasteiger partial charge in [-0.15, -0.1) is 0 Å². The summed E-state index contributed by atoms with van der Waals surface area (Å²) in [6.07, 6.45) is 1.74. The zero-order valence-electron chi connectivity index (χ0n) is 10.6. The molecule has 20 heavy (non-hydrogen) atoms. The summed E-state index contributed by atoms with van der Waals surface area (Å²) in [6.45, 7) is -0.0989. The average molecular weight is 286 g/mol. The first-order valence-electron chi connectivity index (χ1n) is 6.18. The summed E-state index contributed by atoms with van der Waals surface area (Å²) in [7, 11) is 0. The van der Waals surface area contributed by atoms with Crippen molar-refractivity contribution < 1.29 is 9.84 Å². The van der Waals surface area contributed by atoms with Gasteiger partial charge in [0.15, 0.2) is 0 Å². The zero-order valence-corrected chi connectivity index (χ0v) is 11.3. The lowest BCUT2D eigenvalue weighted by molar-refractivity contribution is 0.276. The first-order valence-corrected chi connectivity index (χ1v) is 6.56. The van der Waals surface area contributed by atoms with Crippen molar-refractivity contribution in [3.05, 3.63) is 65.3 Å². The molecule has 100 valence electrons. The largest absolute Gasteiger partial charge is 0.457 e. The molecular weight excluding hydrogens is 274 g/mol. The van der Waals surface area contributed by atoms with Gasteiger partial charge in [-0.2, -0.15) is 0 Å². The minimum Gasteiger partial charge on any atom is -0.457 e. The Kier molecular flexibility index (Phi) is 3.54. The Labute approximate surface area is 121 Å². The van der Waals surface area contributed by atoms with Gasteiger partial charge in [0.1, 0.15) is 11.5 Å². The second-order valence-electron chi connectivity index (χ2n) is 4.37. The number of pyridine rings is 1. The molecule has 0 saturated heterocycles. The maximum atomic E-state index is 9.32. The molecule has 0 aliphatic carbocycles. The fraction of sp³-hybridized carbons (Fsp3) is 0.0625. The molecule has 1 aromatic heterocycles. The van der Waals surface area contributed by atoms with Crippen molar-refractivity contribution in [2.45, 2.75) is 6.61 Å². The molecule has 0 aliphatic heterocycles. The van der Waals surface area contributed by atoms with Crippen LogP contribution in [0.5, 0.6) is 11.5 Å². The van der Waals surface area contributed by atoms with E-state index in [9.17, 15) is 5.11 Å². The van der Waals surface area contributed by atoms with Gasteiger partial charge in [-0.3, -0.25) is 4.98 Å². The topological polar surface area (TPSA) is 42.4 Å². The van der Waals surface area contributed by atoms with Crippen molar-refractivity contribution in [3.63, 3.8) is 0 Å². The van der Waals surface area contributed by atoms with Crippen LogP contribution < -0.4 is 4.74 Å². The molecule has 0 bridgehead atoms. The van der Waals surface area contributed by atoms with E-state index in [-0.39, 0.29) is 6.61 Å². The Morgan fingerprint density at radius 1 is 1.10 bits per heavy atom. The Balaban J connectivity index is 1.98. The molecule has 0 spiro atoms. The molecular formula is C16H12ClNO2. The number of aliphatic hydroxyl groups is 1. The molecule has 3 nitrogen and oxygen atoms in total. The van der Waals surface area contributed by atoms with E-state index in [0.717, 1.165) is 10.9 Å². The summed E-state index contributed by atoms with van der Waals surface area (Å²) in [6, 6.07) is 14.7. The second kappa shape index (κ2) is 5.49. The number of hydrogen-bond donors (Lipinski definition) is 1. The van der Waals surface area contributed by atoms with Gasteiger partial charge in [-0.05, 0) is 30.3 Å². The Bertz CT molecular complexity index is 758. The van der Waals surface area contributed by atoms with Gasteiger partial charge in [0.25, 0.3) is 0 Å². The molecule has 1 heterocycles. The molecule has 0 unspecified atom stereocenters. The molecule has 0 atom stereocenters. The van der Waals surface area contributed by atoms with Gasteiger partial charge < -0.3 is 9.84 Å².